The quantitative estimate of drug-likeness (QED) is 0.938. The summed E-state index contributed by atoms with van der Waals surface area (Å²) in [6, 6.07) is 6.17. The Morgan fingerprint density at radius 3 is 2.43 bits per heavy atom. The van der Waals surface area contributed by atoms with E-state index in [1.54, 1.807) is 0 Å². The van der Waals surface area contributed by atoms with Gasteiger partial charge in [-0.1, -0.05) is 47.2 Å². The monoisotopic (exact) mass is 308 g/mol. The number of rotatable bonds is 4. The Labute approximate surface area is 135 Å². The van der Waals surface area contributed by atoms with Gasteiger partial charge in [-0.25, -0.2) is 0 Å². The van der Waals surface area contributed by atoms with Crippen molar-refractivity contribution in [2.75, 3.05) is 0 Å². The molecule has 1 aromatic heterocycles. The number of aryl methyl sites for hydroxylation is 3. The second-order valence-corrected chi connectivity index (χ2v) is 5.97. The topological polar surface area (TPSA) is 55.1 Å². The third-order valence-corrected chi connectivity index (χ3v) is 3.98. The number of carbonyl (C=O) groups is 1. The number of hydrogen-bond donors (Lipinski definition) is 1. The molecule has 0 bridgehead atoms. The lowest BCUT2D eigenvalue weighted by molar-refractivity contribution is -0.122. The molecule has 118 valence electrons. The van der Waals surface area contributed by atoms with Gasteiger partial charge in [-0.3, -0.25) is 4.79 Å². The van der Waals surface area contributed by atoms with Crippen molar-refractivity contribution >= 4 is 5.91 Å². The van der Waals surface area contributed by atoms with Gasteiger partial charge in [0.15, 0.2) is 5.76 Å². The van der Waals surface area contributed by atoms with E-state index in [-0.39, 0.29) is 11.8 Å². The molecular formula is C19H20N2O2. The van der Waals surface area contributed by atoms with E-state index in [0.717, 1.165) is 11.3 Å². The standard InChI is InChI=1S/C19H20N2O2/c1-12-8-13(2)18(14(3)9-12)17-10-16(23-21-17)11-20-19(22)15-6-4-5-7-15/h4-10,15H,11H2,1-3H3,(H,20,22). The van der Waals surface area contributed by atoms with Crippen LogP contribution >= 0.6 is 0 Å². The molecule has 0 spiro atoms. The molecule has 0 atom stereocenters. The highest BCUT2D eigenvalue weighted by Crippen LogP contribution is 2.28. The lowest BCUT2D eigenvalue weighted by Crippen LogP contribution is -2.27. The summed E-state index contributed by atoms with van der Waals surface area (Å²) in [6.07, 6.45) is 7.47. The summed E-state index contributed by atoms with van der Waals surface area (Å²) in [5.74, 6) is 0.438. The van der Waals surface area contributed by atoms with Crippen LogP contribution in [-0.2, 0) is 11.3 Å². The van der Waals surface area contributed by atoms with Crippen molar-refractivity contribution in [1.29, 1.82) is 0 Å². The number of hydrogen-bond acceptors (Lipinski definition) is 3. The number of nitrogens with zero attached hydrogens (tertiary/aromatic N) is 1. The zero-order valence-electron chi connectivity index (χ0n) is 13.6. The smallest absolute Gasteiger partial charge is 0.231 e. The summed E-state index contributed by atoms with van der Waals surface area (Å²) in [7, 11) is 0. The maximum Gasteiger partial charge on any atom is 0.231 e. The zero-order valence-corrected chi connectivity index (χ0v) is 13.6. The number of carbonyl (C=O) groups excluding carboxylic acids is 1. The molecule has 4 nitrogen and oxygen atoms in total. The Hall–Kier alpha value is -2.62. The first-order valence-corrected chi connectivity index (χ1v) is 7.71. The van der Waals surface area contributed by atoms with Crippen LogP contribution in [0.4, 0.5) is 0 Å². The van der Waals surface area contributed by atoms with Gasteiger partial charge in [-0.05, 0) is 31.9 Å². The number of allylic oxidation sites excluding steroid dienone is 2. The van der Waals surface area contributed by atoms with E-state index >= 15 is 0 Å². The lowest BCUT2D eigenvalue weighted by atomic mass is 9.97. The van der Waals surface area contributed by atoms with E-state index in [9.17, 15) is 4.79 Å². The normalized spacial score (nSPS) is 13.7. The number of benzene rings is 1. The molecule has 0 saturated heterocycles. The van der Waals surface area contributed by atoms with E-state index in [2.05, 4.69) is 43.4 Å². The molecule has 1 aliphatic carbocycles. The Kier molecular flexibility index (Phi) is 4.15. The van der Waals surface area contributed by atoms with Gasteiger partial charge in [-0.15, -0.1) is 0 Å². The van der Waals surface area contributed by atoms with Crippen molar-refractivity contribution < 1.29 is 9.32 Å². The van der Waals surface area contributed by atoms with Gasteiger partial charge in [0.1, 0.15) is 5.69 Å². The van der Waals surface area contributed by atoms with Gasteiger partial charge in [-0.2, -0.15) is 0 Å². The van der Waals surface area contributed by atoms with Crippen LogP contribution in [0.3, 0.4) is 0 Å². The molecule has 0 radical (unpaired) electrons. The minimum atomic E-state index is -0.182. The lowest BCUT2D eigenvalue weighted by Gasteiger charge is -2.08. The molecule has 0 aliphatic heterocycles. The van der Waals surface area contributed by atoms with Crippen molar-refractivity contribution in [3.63, 3.8) is 0 Å². The molecule has 2 aromatic rings. The zero-order chi connectivity index (χ0) is 16.4. The fraction of sp³-hybridized carbons (Fsp3) is 0.263. The van der Waals surface area contributed by atoms with E-state index < -0.39 is 0 Å². The summed E-state index contributed by atoms with van der Waals surface area (Å²) >= 11 is 0. The van der Waals surface area contributed by atoms with E-state index in [1.807, 2.05) is 30.4 Å². The largest absolute Gasteiger partial charge is 0.359 e. The maximum absolute atomic E-state index is 12.0. The van der Waals surface area contributed by atoms with Crippen LogP contribution in [0.25, 0.3) is 11.3 Å². The number of aromatic nitrogens is 1. The first-order valence-electron chi connectivity index (χ1n) is 7.71. The minimum absolute atomic E-state index is 0.0318. The van der Waals surface area contributed by atoms with Crippen LogP contribution in [-0.4, -0.2) is 11.1 Å². The van der Waals surface area contributed by atoms with E-state index in [0.29, 0.717) is 12.3 Å². The first-order chi connectivity index (χ1) is 11.0. The van der Waals surface area contributed by atoms with Crippen LogP contribution in [0.5, 0.6) is 0 Å². The van der Waals surface area contributed by atoms with Gasteiger partial charge in [0.2, 0.25) is 5.91 Å². The van der Waals surface area contributed by atoms with Crippen molar-refractivity contribution in [2.45, 2.75) is 27.3 Å². The molecule has 1 N–H and O–H groups in total. The predicted molar refractivity (Wildman–Crippen MR) is 89.8 cm³/mol. The highest BCUT2D eigenvalue weighted by Gasteiger charge is 2.16. The molecule has 23 heavy (non-hydrogen) atoms. The summed E-state index contributed by atoms with van der Waals surface area (Å²) in [4.78, 5) is 12.0. The molecule has 0 unspecified atom stereocenters. The average Bonchev–Trinajstić information content (AvgIpc) is 3.15. The SMILES string of the molecule is Cc1cc(C)c(-c2cc(CNC(=O)C3C=CC=C3)on2)c(C)c1. The Balaban J connectivity index is 1.72. The fourth-order valence-electron chi connectivity index (χ4n) is 3.00. The molecule has 4 heteroatoms. The van der Waals surface area contributed by atoms with Crippen molar-refractivity contribution in [3.05, 3.63) is 65.0 Å². The molecule has 1 aromatic carbocycles. The summed E-state index contributed by atoms with van der Waals surface area (Å²) in [6.45, 7) is 6.57. The van der Waals surface area contributed by atoms with Crippen LogP contribution in [0, 0.1) is 26.7 Å². The second kappa shape index (κ2) is 6.24. The highest BCUT2D eigenvalue weighted by atomic mass is 16.5. The Bertz CT molecular complexity index is 764. The van der Waals surface area contributed by atoms with E-state index in [4.69, 9.17) is 4.52 Å². The van der Waals surface area contributed by atoms with Crippen molar-refractivity contribution in [3.8, 4) is 11.3 Å². The molecule has 3 rings (SSSR count). The third kappa shape index (κ3) is 3.26. The van der Waals surface area contributed by atoms with Gasteiger partial charge >= 0.3 is 0 Å². The van der Waals surface area contributed by atoms with Crippen molar-refractivity contribution in [2.24, 2.45) is 5.92 Å². The minimum Gasteiger partial charge on any atom is -0.359 e. The predicted octanol–water partition coefficient (Wildman–Crippen LogP) is 3.63. The summed E-state index contributed by atoms with van der Waals surface area (Å²) in [5.41, 5.74) is 5.49. The second-order valence-electron chi connectivity index (χ2n) is 5.97. The molecule has 1 heterocycles. The van der Waals surface area contributed by atoms with Gasteiger partial charge < -0.3 is 9.84 Å². The first kappa shape index (κ1) is 15.3. The van der Waals surface area contributed by atoms with Gasteiger partial charge in [0.05, 0.1) is 12.5 Å². The maximum atomic E-state index is 12.0. The Morgan fingerprint density at radius 2 is 1.78 bits per heavy atom. The summed E-state index contributed by atoms with van der Waals surface area (Å²) in [5, 5.41) is 7.03. The molecule has 0 saturated carbocycles. The van der Waals surface area contributed by atoms with Gasteiger partial charge in [0, 0.05) is 11.6 Å². The van der Waals surface area contributed by atoms with Gasteiger partial charge in [0.25, 0.3) is 0 Å². The van der Waals surface area contributed by atoms with E-state index in [1.165, 1.54) is 16.7 Å². The van der Waals surface area contributed by atoms with Crippen LogP contribution in [0.15, 0.2) is 47.0 Å². The Morgan fingerprint density at radius 1 is 1.13 bits per heavy atom. The number of nitrogens with one attached hydrogen (secondary N) is 1. The summed E-state index contributed by atoms with van der Waals surface area (Å²) < 4.78 is 5.37. The molecule has 1 amide bonds. The van der Waals surface area contributed by atoms with Crippen LogP contribution in [0.2, 0.25) is 0 Å². The van der Waals surface area contributed by atoms with Crippen molar-refractivity contribution in [1.82, 2.24) is 10.5 Å². The average molecular weight is 308 g/mol. The third-order valence-electron chi connectivity index (χ3n) is 3.98. The molecule has 0 fully saturated rings. The fourth-order valence-corrected chi connectivity index (χ4v) is 3.00. The van der Waals surface area contributed by atoms with Crippen LogP contribution < -0.4 is 5.32 Å². The molecular weight excluding hydrogens is 288 g/mol. The molecule has 1 aliphatic rings. The number of amides is 1. The van der Waals surface area contributed by atoms with Crippen LogP contribution in [0.1, 0.15) is 22.5 Å². The highest BCUT2D eigenvalue weighted by molar-refractivity contribution is 5.83.